The first kappa shape index (κ1) is 26.7. The van der Waals surface area contributed by atoms with E-state index in [9.17, 15) is 17.9 Å². The van der Waals surface area contributed by atoms with E-state index < -0.39 is 27.2 Å². The van der Waals surface area contributed by atoms with Gasteiger partial charge in [-0.05, 0) is 25.1 Å². The summed E-state index contributed by atoms with van der Waals surface area (Å²) in [6.07, 6.45) is -0.0168. The third kappa shape index (κ3) is 5.19. The van der Waals surface area contributed by atoms with E-state index in [1.54, 1.807) is 36.4 Å². The number of benzene rings is 1. The molecule has 2 N–H and O–H groups in total. The predicted octanol–water partition coefficient (Wildman–Crippen LogP) is 2.15. The molecule has 0 bridgehead atoms. The first-order valence-corrected chi connectivity index (χ1v) is 12.6. The van der Waals surface area contributed by atoms with E-state index in [1.165, 1.54) is 32.8 Å². The zero-order chi connectivity index (χ0) is 27.4. The minimum absolute atomic E-state index is 0.138. The molecule has 0 unspecified atom stereocenters. The zero-order valence-electron chi connectivity index (χ0n) is 20.7. The number of aliphatic hydroxyl groups is 1. The van der Waals surface area contributed by atoms with Crippen molar-refractivity contribution in [2.24, 2.45) is 0 Å². The molecule has 0 saturated heterocycles. The highest BCUT2D eigenvalue weighted by Gasteiger charge is 2.34. The van der Waals surface area contributed by atoms with Crippen LogP contribution in [0.4, 0.5) is 10.3 Å². The molecule has 0 fully saturated rings. The number of pyridine rings is 1. The number of nitrogens with one attached hydrogen (secondary N) is 1. The van der Waals surface area contributed by atoms with Gasteiger partial charge in [-0.2, -0.15) is 0 Å². The van der Waals surface area contributed by atoms with E-state index in [1.807, 2.05) is 0 Å². The Hall–Kier alpha value is -4.37. The first-order chi connectivity index (χ1) is 18.2. The largest absolute Gasteiger partial charge is 0.494 e. The summed E-state index contributed by atoms with van der Waals surface area (Å²) in [5, 5.41) is 17.4. The topological polar surface area (TPSA) is 163 Å². The van der Waals surface area contributed by atoms with E-state index in [0.29, 0.717) is 23.1 Å². The maximum absolute atomic E-state index is 13.3. The highest BCUT2D eigenvalue weighted by molar-refractivity contribution is 7.93. The summed E-state index contributed by atoms with van der Waals surface area (Å²) in [4.78, 5) is 11.7. The van der Waals surface area contributed by atoms with Crippen LogP contribution in [0.2, 0.25) is 0 Å². The monoisotopic (exact) mass is 545 g/mol. The van der Waals surface area contributed by atoms with Crippen molar-refractivity contribution in [1.29, 1.82) is 0 Å². The molecule has 0 aliphatic rings. The molecule has 1 aromatic carbocycles. The number of hydrogen-bond donors (Lipinski definition) is 2. The fraction of sp³-hybridized carbons (Fsp3) is 0.261. The van der Waals surface area contributed by atoms with Crippen LogP contribution in [0.15, 0.2) is 48.8 Å². The van der Waals surface area contributed by atoms with Crippen molar-refractivity contribution in [1.82, 2.24) is 29.7 Å². The third-order valence-corrected chi connectivity index (χ3v) is 7.23. The fourth-order valence-corrected chi connectivity index (χ4v) is 4.54. The normalized spacial score (nSPS) is 13.0. The molecule has 4 rings (SSSR count). The van der Waals surface area contributed by atoms with Gasteiger partial charge in [-0.25, -0.2) is 27.8 Å². The number of aliphatic hydroxyl groups excluding tert-OH is 1. The number of para-hydroxylation sites is 1. The summed E-state index contributed by atoms with van der Waals surface area (Å²) in [5.41, 5.74) is 0.595. The van der Waals surface area contributed by atoms with Crippen LogP contribution < -0.4 is 18.9 Å². The summed E-state index contributed by atoms with van der Waals surface area (Å²) in [7, 11) is -0.00737. The average molecular weight is 546 g/mol. The molecule has 0 aliphatic heterocycles. The lowest BCUT2D eigenvalue weighted by Crippen LogP contribution is -2.32. The molecule has 4 aromatic rings. The van der Waals surface area contributed by atoms with Crippen molar-refractivity contribution in [3.8, 4) is 34.6 Å². The Balaban J connectivity index is 1.84. The summed E-state index contributed by atoms with van der Waals surface area (Å²) in [5.74, 6) is -0.165. The summed E-state index contributed by atoms with van der Waals surface area (Å²) in [6, 6.07) is 9.96. The molecule has 0 saturated carbocycles. The molecule has 200 valence electrons. The molecule has 0 radical (unpaired) electrons. The number of aromatic nitrogens is 6. The summed E-state index contributed by atoms with van der Waals surface area (Å²) >= 11 is 0. The standard InChI is InChI=1S/C23H24FN7O6S/c1-13(20(32)21-25-11-14(24)12-26-21)38(33,34)30-23-29-28-22(15-7-5-10-18(27-15)37-4)31(23)19-16(35-2)8-6-9-17(19)36-3/h5-13,20,32H,1-4H3,(H,29,30)/t13-,20+/m0/s1. The second-order valence-corrected chi connectivity index (χ2v) is 9.85. The number of anilines is 1. The van der Waals surface area contributed by atoms with Gasteiger partial charge in [0.25, 0.3) is 0 Å². The van der Waals surface area contributed by atoms with Crippen molar-refractivity contribution in [3.63, 3.8) is 0 Å². The molecule has 0 aliphatic carbocycles. The molecule has 2 atom stereocenters. The molecule has 13 nitrogen and oxygen atoms in total. The number of nitrogens with zero attached hydrogens (tertiary/aromatic N) is 6. The Labute approximate surface area is 217 Å². The van der Waals surface area contributed by atoms with Gasteiger partial charge < -0.3 is 19.3 Å². The van der Waals surface area contributed by atoms with Gasteiger partial charge in [-0.3, -0.25) is 9.29 Å². The van der Waals surface area contributed by atoms with Crippen molar-refractivity contribution < 1.29 is 32.1 Å². The molecule has 0 amide bonds. The van der Waals surface area contributed by atoms with Gasteiger partial charge in [0, 0.05) is 6.07 Å². The lowest BCUT2D eigenvalue weighted by molar-refractivity contribution is 0.166. The Morgan fingerprint density at radius 3 is 2.21 bits per heavy atom. The van der Waals surface area contributed by atoms with Crippen LogP contribution in [-0.2, 0) is 10.0 Å². The Kier molecular flexibility index (Phi) is 7.68. The summed E-state index contributed by atoms with van der Waals surface area (Å²) in [6.45, 7) is 1.24. The maximum Gasteiger partial charge on any atom is 0.243 e. The number of sulfonamides is 1. The average Bonchev–Trinajstić information content (AvgIpc) is 3.34. The lowest BCUT2D eigenvalue weighted by atomic mass is 10.2. The molecular formula is C23H24FN7O6S. The Bertz CT molecular complexity index is 1510. The van der Waals surface area contributed by atoms with Crippen LogP contribution in [0.25, 0.3) is 17.2 Å². The number of halogens is 1. The molecule has 15 heteroatoms. The maximum atomic E-state index is 13.3. The summed E-state index contributed by atoms with van der Waals surface area (Å²) < 4.78 is 59.9. The van der Waals surface area contributed by atoms with Gasteiger partial charge in [0.2, 0.25) is 21.9 Å². The van der Waals surface area contributed by atoms with Crippen LogP contribution in [-0.4, -0.2) is 69.8 Å². The van der Waals surface area contributed by atoms with Crippen LogP contribution >= 0.6 is 0 Å². The van der Waals surface area contributed by atoms with E-state index >= 15 is 0 Å². The van der Waals surface area contributed by atoms with Crippen LogP contribution in [0, 0.1) is 5.82 Å². The van der Waals surface area contributed by atoms with Gasteiger partial charge in [0.1, 0.15) is 34.2 Å². The smallest absolute Gasteiger partial charge is 0.243 e. The van der Waals surface area contributed by atoms with E-state index in [-0.39, 0.29) is 23.3 Å². The van der Waals surface area contributed by atoms with Crippen molar-refractivity contribution in [3.05, 3.63) is 60.4 Å². The minimum Gasteiger partial charge on any atom is -0.494 e. The molecule has 3 aromatic heterocycles. The number of rotatable bonds is 10. The van der Waals surface area contributed by atoms with Gasteiger partial charge in [0.15, 0.2) is 17.5 Å². The lowest BCUT2D eigenvalue weighted by Gasteiger charge is -2.20. The third-order valence-electron chi connectivity index (χ3n) is 5.52. The van der Waals surface area contributed by atoms with Crippen LogP contribution in [0.5, 0.6) is 17.4 Å². The highest BCUT2D eigenvalue weighted by Crippen LogP contribution is 2.38. The van der Waals surface area contributed by atoms with Crippen LogP contribution in [0.1, 0.15) is 18.9 Å². The molecular weight excluding hydrogens is 521 g/mol. The SMILES string of the molecule is COc1cccc(-c2nnc(NS(=O)(=O)[C@@H](C)[C@@H](O)c3ncc(F)cn3)n2-c2c(OC)cccc2OC)n1. The molecule has 38 heavy (non-hydrogen) atoms. The van der Waals surface area contributed by atoms with Gasteiger partial charge in [0.05, 0.1) is 33.7 Å². The Morgan fingerprint density at radius 2 is 1.61 bits per heavy atom. The number of methoxy groups -OCH3 is 3. The van der Waals surface area contributed by atoms with Crippen molar-refractivity contribution in [2.75, 3.05) is 26.1 Å². The molecule has 3 heterocycles. The highest BCUT2D eigenvalue weighted by atomic mass is 32.2. The van der Waals surface area contributed by atoms with E-state index in [0.717, 1.165) is 12.4 Å². The zero-order valence-corrected chi connectivity index (χ0v) is 21.5. The fourth-order valence-electron chi connectivity index (χ4n) is 3.51. The number of hydrogen-bond acceptors (Lipinski definition) is 11. The van der Waals surface area contributed by atoms with E-state index in [4.69, 9.17) is 14.2 Å². The van der Waals surface area contributed by atoms with Crippen molar-refractivity contribution in [2.45, 2.75) is 18.3 Å². The van der Waals surface area contributed by atoms with Gasteiger partial charge >= 0.3 is 0 Å². The first-order valence-electron chi connectivity index (χ1n) is 11.1. The van der Waals surface area contributed by atoms with Gasteiger partial charge in [-0.15, -0.1) is 10.2 Å². The van der Waals surface area contributed by atoms with Gasteiger partial charge in [-0.1, -0.05) is 12.1 Å². The Morgan fingerprint density at radius 1 is 0.974 bits per heavy atom. The predicted molar refractivity (Wildman–Crippen MR) is 133 cm³/mol. The van der Waals surface area contributed by atoms with Crippen LogP contribution in [0.3, 0.4) is 0 Å². The quantitative estimate of drug-likeness (QED) is 0.300. The minimum atomic E-state index is -4.35. The molecule has 0 spiro atoms. The second kappa shape index (κ2) is 10.9. The second-order valence-electron chi connectivity index (χ2n) is 7.82. The van der Waals surface area contributed by atoms with E-state index in [2.05, 4.69) is 29.9 Å². The van der Waals surface area contributed by atoms with Crippen molar-refractivity contribution >= 4 is 16.0 Å². The number of ether oxygens (including phenoxy) is 3.